The van der Waals surface area contributed by atoms with E-state index in [1.165, 1.54) is 11.4 Å². The molecule has 0 spiro atoms. The Hall–Kier alpha value is 1.44. The average molecular weight is 305 g/mol. The maximum atomic E-state index is 11.6. The largest absolute Gasteiger partial charge is 1.00 e. The Morgan fingerprint density at radius 1 is 1.29 bits per heavy atom. The van der Waals surface area contributed by atoms with E-state index in [0.717, 1.165) is 5.75 Å². The van der Waals surface area contributed by atoms with Gasteiger partial charge in [0.2, 0.25) is 0 Å². The molecular formula is C8H18CuO2PS2. The van der Waals surface area contributed by atoms with Crippen LogP contribution in [-0.4, -0.2) is 12.4 Å². The zero-order chi connectivity index (χ0) is 10.5. The second kappa shape index (κ2) is 8.58. The molecule has 0 heterocycles. The molecule has 2 nitrogen and oxygen atoms in total. The van der Waals surface area contributed by atoms with Crippen molar-refractivity contribution in [2.45, 2.75) is 27.7 Å². The maximum Gasteiger partial charge on any atom is 1.00 e. The first kappa shape index (κ1) is 17.8. The average Bonchev–Trinajstić information content (AvgIpc) is 1.98. The molecule has 6 heteroatoms. The predicted octanol–water partition coefficient (Wildman–Crippen LogP) is 2.63. The first-order valence-corrected chi connectivity index (χ1v) is 8.66. The topological polar surface area (TPSA) is 32.3 Å². The fraction of sp³-hybridized carbons (Fsp3) is 1.00. The molecule has 0 fully saturated rings. The van der Waals surface area contributed by atoms with Gasteiger partial charge in [0.25, 0.3) is 0 Å². The molecular weight excluding hydrogens is 287 g/mol. The van der Waals surface area contributed by atoms with Gasteiger partial charge in [-0.05, 0) is 11.8 Å². The van der Waals surface area contributed by atoms with Crippen molar-refractivity contribution in [3.8, 4) is 0 Å². The summed E-state index contributed by atoms with van der Waals surface area (Å²) >= 11 is 6.15. The summed E-state index contributed by atoms with van der Waals surface area (Å²) in [6, 6.07) is 0. The Morgan fingerprint density at radius 3 is 2.14 bits per heavy atom. The zero-order valence-electron chi connectivity index (χ0n) is 8.95. The van der Waals surface area contributed by atoms with E-state index in [4.69, 9.17) is 16.3 Å². The van der Waals surface area contributed by atoms with Crippen molar-refractivity contribution in [3.05, 3.63) is 0 Å². The summed E-state index contributed by atoms with van der Waals surface area (Å²) in [5, 5.41) is 0. The van der Waals surface area contributed by atoms with Gasteiger partial charge in [-0.3, -0.25) is 0 Å². The predicted molar refractivity (Wildman–Crippen MR) is 62.4 cm³/mol. The Kier molecular flexibility index (Phi) is 10.9. The van der Waals surface area contributed by atoms with Crippen molar-refractivity contribution in [1.29, 1.82) is 0 Å². The number of hydrogen-bond acceptors (Lipinski definition) is 4. The zero-order valence-corrected chi connectivity index (χ0v) is 12.4. The standard InChI is InChI=1S/C8H19O2PS2.Cu/c1-7(2)5-10-11(9,12)13-6-8(3)4;/h7-8H,5-6H2,1-4H3,(H,9,12);/q;+1/p-1. The van der Waals surface area contributed by atoms with Crippen molar-refractivity contribution in [3.63, 3.8) is 0 Å². The van der Waals surface area contributed by atoms with Crippen LogP contribution in [0.1, 0.15) is 27.7 Å². The molecule has 0 aliphatic heterocycles. The Morgan fingerprint density at radius 2 is 1.79 bits per heavy atom. The fourth-order valence-electron chi connectivity index (χ4n) is 0.518. The summed E-state index contributed by atoms with van der Waals surface area (Å²) in [5.74, 6) is 1.69. The minimum Gasteiger partial charge on any atom is -0.793 e. The molecule has 1 atom stereocenters. The van der Waals surface area contributed by atoms with E-state index in [0.29, 0.717) is 18.4 Å². The van der Waals surface area contributed by atoms with Gasteiger partial charge in [0.05, 0.1) is 6.61 Å². The van der Waals surface area contributed by atoms with Crippen LogP contribution in [0.2, 0.25) is 0 Å². The summed E-state index contributed by atoms with van der Waals surface area (Å²) in [6.45, 7) is 8.67. The molecule has 0 aliphatic carbocycles. The smallest absolute Gasteiger partial charge is 0.793 e. The van der Waals surface area contributed by atoms with E-state index in [-0.39, 0.29) is 17.1 Å². The van der Waals surface area contributed by atoms with Crippen molar-refractivity contribution in [2.24, 2.45) is 11.8 Å². The van der Waals surface area contributed by atoms with Crippen LogP contribution in [-0.2, 0) is 33.4 Å². The van der Waals surface area contributed by atoms with Gasteiger partial charge < -0.3 is 9.42 Å². The van der Waals surface area contributed by atoms with Gasteiger partial charge in [0.1, 0.15) is 0 Å². The third kappa shape index (κ3) is 11.5. The molecule has 90 valence electrons. The molecule has 0 N–H and O–H groups in total. The van der Waals surface area contributed by atoms with E-state index in [9.17, 15) is 4.89 Å². The van der Waals surface area contributed by atoms with Crippen molar-refractivity contribution in [2.75, 3.05) is 12.4 Å². The van der Waals surface area contributed by atoms with Crippen LogP contribution in [0.15, 0.2) is 0 Å². The van der Waals surface area contributed by atoms with Crippen LogP contribution < -0.4 is 4.89 Å². The van der Waals surface area contributed by atoms with Gasteiger partial charge in [-0.15, -0.1) is 11.4 Å². The van der Waals surface area contributed by atoms with Crippen molar-refractivity contribution in [1.82, 2.24) is 0 Å². The molecule has 0 aromatic rings. The summed E-state index contributed by atoms with van der Waals surface area (Å²) < 4.78 is 5.17. The second-order valence-electron chi connectivity index (χ2n) is 3.83. The summed E-state index contributed by atoms with van der Waals surface area (Å²) in [6.07, 6.45) is 0. The van der Waals surface area contributed by atoms with Gasteiger partial charge in [-0.1, -0.05) is 39.5 Å². The minimum absolute atomic E-state index is 0. The van der Waals surface area contributed by atoms with Crippen LogP contribution in [0.3, 0.4) is 0 Å². The maximum absolute atomic E-state index is 11.6. The van der Waals surface area contributed by atoms with Gasteiger partial charge in [0.15, 0.2) is 0 Å². The molecule has 0 amide bonds. The van der Waals surface area contributed by atoms with E-state index in [1.54, 1.807) is 0 Å². The van der Waals surface area contributed by atoms with Crippen LogP contribution in [0.4, 0.5) is 0 Å². The molecule has 0 saturated heterocycles. The van der Waals surface area contributed by atoms with Gasteiger partial charge >= 0.3 is 17.1 Å². The minimum atomic E-state index is -2.80. The molecule has 0 radical (unpaired) electrons. The molecule has 0 aromatic carbocycles. The normalized spacial score (nSPS) is 15.4. The molecule has 1 unspecified atom stereocenters. The van der Waals surface area contributed by atoms with Crippen molar-refractivity contribution >= 4 is 28.9 Å². The van der Waals surface area contributed by atoms with Gasteiger partial charge in [-0.25, -0.2) is 0 Å². The number of rotatable bonds is 6. The number of hydrogen-bond donors (Lipinski definition) is 0. The van der Waals surface area contributed by atoms with Gasteiger partial charge in [0, 0.05) is 11.4 Å². The van der Waals surface area contributed by atoms with Crippen molar-refractivity contribution < 1.29 is 26.5 Å². The molecule has 0 aromatic heterocycles. The van der Waals surface area contributed by atoms with Crippen LogP contribution in [0.5, 0.6) is 0 Å². The summed E-state index contributed by atoms with van der Waals surface area (Å²) in [4.78, 5) is 11.6. The Balaban J connectivity index is 0. The van der Waals surface area contributed by atoms with E-state index < -0.39 is 5.69 Å². The molecule has 0 bridgehead atoms. The quantitative estimate of drug-likeness (QED) is 0.558. The third-order valence-corrected chi connectivity index (χ3v) is 5.71. The molecule has 14 heavy (non-hydrogen) atoms. The first-order chi connectivity index (χ1) is 5.83. The summed E-state index contributed by atoms with van der Waals surface area (Å²) in [5.41, 5.74) is -2.80. The van der Waals surface area contributed by atoms with E-state index in [1.807, 2.05) is 13.8 Å². The van der Waals surface area contributed by atoms with E-state index in [2.05, 4.69) is 13.8 Å². The summed E-state index contributed by atoms with van der Waals surface area (Å²) in [7, 11) is 0. The Bertz CT molecular complexity index is 172. The molecule has 0 saturated carbocycles. The molecule has 0 aliphatic rings. The first-order valence-electron chi connectivity index (χ1n) is 4.43. The SMILES string of the molecule is CC(C)COP([O-])(=S)SCC(C)C.[Cu+]. The third-order valence-electron chi connectivity index (χ3n) is 1.13. The fourth-order valence-corrected chi connectivity index (χ4v) is 4.13. The van der Waals surface area contributed by atoms with Crippen LogP contribution in [0.25, 0.3) is 0 Å². The Labute approximate surface area is 107 Å². The van der Waals surface area contributed by atoms with Crippen LogP contribution >= 0.6 is 17.1 Å². The second-order valence-corrected chi connectivity index (χ2v) is 9.92. The monoisotopic (exact) mass is 304 g/mol. The van der Waals surface area contributed by atoms with Gasteiger partial charge in [-0.2, -0.15) is 0 Å². The van der Waals surface area contributed by atoms with Crippen LogP contribution in [0, 0.1) is 11.8 Å². The molecule has 0 rings (SSSR count). The van der Waals surface area contributed by atoms with E-state index >= 15 is 0 Å².